The second-order valence-electron chi connectivity index (χ2n) is 3.97. The molecule has 0 heterocycles. The molecule has 0 radical (unpaired) electrons. The minimum atomic E-state index is -1.35. The van der Waals surface area contributed by atoms with E-state index in [0.29, 0.717) is 0 Å². The van der Waals surface area contributed by atoms with E-state index in [1.165, 1.54) is 10.4 Å². The van der Waals surface area contributed by atoms with Gasteiger partial charge in [0.15, 0.2) is 0 Å². The predicted molar refractivity (Wildman–Crippen MR) is 60.8 cm³/mol. The fourth-order valence-electron chi connectivity index (χ4n) is 1.75. The van der Waals surface area contributed by atoms with Gasteiger partial charge in [-0.3, -0.25) is 0 Å². The molecule has 0 nitrogen and oxygen atoms in total. The minimum Gasteiger partial charge on any atom is -1.00 e. The third-order valence-electron chi connectivity index (χ3n) is 2.77. The van der Waals surface area contributed by atoms with E-state index in [1.54, 1.807) is 0 Å². The van der Waals surface area contributed by atoms with Crippen LogP contribution in [0.4, 0.5) is 0 Å². The van der Waals surface area contributed by atoms with E-state index in [9.17, 15) is 0 Å². The zero-order valence-corrected chi connectivity index (χ0v) is 13.4. The van der Waals surface area contributed by atoms with E-state index in [-0.39, 0.29) is 46.5 Å². The minimum absolute atomic E-state index is 0. The Morgan fingerprint density at radius 3 is 1.50 bits per heavy atom. The van der Waals surface area contributed by atoms with Gasteiger partial charge in [-0.2, -0.15) is 36.4 Å². The Balaban J connectivity index is 0. The zero-order chi connectivity index (χ0) is 9.31. The van der Waals surface area contributed by atoms with E-state index < -0.39 is 8.07 Å². The van der Waals surface area contributed by atoms with Crippen molar-refractivity contribution in [2.75, 3.05) is 0 Å². The van der Waals surface area contributed by atoms with Gasteiger partial charge in [0.25, 0.3) is 0 Å². The summed E-state index contributed by atoms with van der Waals surface area (Å²) < 4.78 is 0. The van der Waals surface area contributed by atoms with Crippen molar-refractivity contribution in [3.63, 3.8) is 0 Å². The Morgan fingerprint density at radius 2 is 1.25 bits per heavy atom. The smallest absolute Gasteiger partial charge is 1.00 e. The predicted octanol–water partition coefficient (Wildman–Crippen LogP) is -4.05. The van der Waals surface area contributed by atoms with Gasteiger partial charge in [-0.1, -0.05) is 13.1 Å². The molecule has 0 bridgehead atoms. The largest absolute Gasteiger partial charge is 4.00 e. The maximum Gasteiger partial charge on any atom is 4.00 e. The number of hydrogen-bond donors (Lipinski definition) is 0. The maximum absolute atomic E-state index is 2.40. The van der Waals surface area contributed by atoms with Gasteiger partial charge in [-0.15, -0.1) is 0 Å². The summed E-state index contributed by atoms with van der Waals surface area (Å²) in [5.41, 5.74) is 0. The van der Waals surface area contributed by atoms with Gasteiger partial charge < -0.3 is 24.8 Å². The molecule has 0 spiro atoms. The molecule has 0 saturated carbocycles. The summed E-state index contributed by atoms with van der Waals surface area (Å²) in [6.07, 6.45) is 0. The molecule has 0 unspecified atom stereocenters. The fraction of sp³-hybridized carbons (Fsp3) is 0.167. The van der Waals surface area contributed by atoms with Gasteiger partial charge in [-0.05, 0) is 8.07 Å². The summed E-state index contributed by atoms with van der Waals surface area (Å²) in [6.45, 7) is 4.80. The van der Waals surface area contributed by atoms with Crippen molar-refractivity contribution in [3.8, 4) is 0 Å². The first kappa shape index (κ1) is 18.6. The molecular formula is C12H14Cl2SiTi. The van der Waals surface area contributed by atoms with Gasteiger partial charge in [0.2, 0.25) is 0 Å². The second kappa shape index (κ2) is 7.52. The van der Waals surface area contributed by atoms with Crippen molar-refractivity contribution >= 4 is 18.4 Å². The summed E-state index contributed by atoms with van der Waals surface area (Å²) in [5.74, 6) is 0. The summed E-state index contributed by atoms with van der Waals surface area (Å²) in [4.78, 5) is 0. The Bertz CT molecular complexity index is 329. The Kier molecular flexibility index (Phi) is 8.73. The van der Waals surface area contributed by atoms with Crippen molar-refractivity contribution in [2.24, 2.45) is 0 Å². The quantitative estimate of drug-likeness (QED) is 0.391. The van der Waals surface area contributed by atoms with E-state index in [2.05, 4.69) is 61.6 Å². The van der Waals surface area contributed by atoms with Crippen LogP contribution in [0.1, 0.15) is 0 Å². The summed E-state index contributed by atoms with van der Waals surface area (Å²) in [7, 11) is -1.35. The molecule has 0 fully saturated rings. The van der Waals surface area contributed by atoms with Crippen LogP contribution in [0.5, 0.6) is 0 Å². The summed E-state index contributed by atoms with van der Waals surface area (Å²) >= 11 is 0. The number of hydrogen-bond acceptors (Lipinski definition) is 0. The maximum atomic E-state index is 2.40. The Hall–Kier alpha value is 0.211. The molecule has 2 aromatic carbocycles. The molecule has 0 aliphatic rings. The first-order valence-electron chi connectivity index (χ1n) is 4.65. The SMILES string of the molecule is C[Si](C)(c1cc[cH-]c1)c1cc[cH-]c1.[Cl-].[Cl-].[Ti+4]. The van der Waals surface area contributed by atoms with E-state index in [1.807, 2.05) is 0 Å². The van der Waals surface area contributed by atoms with Crippen molar-refractivity contribution in [2.45, 2.75) is 13.1 Å². The van der Waals surface area contributed by atoms with Gasteiger partial charge in [0.1, 0.15) is 0 Å². The number of halogens is 2. The molecule has 84 valence electrons. The Labute approximate surface area is 126 Å². The third-order valence-corrected chi connectivity index (χ3v) is 6.32. The van der Waals surface area contributed by atoms with Crippen LogP contribution in [0, 0.1) is 0 Å². The average molecular weight is 305 g/mol. The molecule has 0 aliphatic heterocycles. The van der Waals surface area contributed by atoms with Crippen LogP contribution in [-0.4, -0.2) is 8.07 Å². The molecule has 4 heteroatoms. The van der Waals surface area contributed by atoms with Crippen molar-refractivity contribution in [1.29, 1.82) is 0 Å². The molecule has 0 atom stereocenters. The topological polar surface area (TPSA) is 0 Å². The molecule has 16 heavy (non-hydrogen) atoms. The molecule has 0 aromatic heterocycles. The Morgan fingerprint density at radius 1 is 0.875 bits per heavy atom. The summed E-state index contributed by atoms with van der Waals surface area (Å²) in [6, 6.07) is 17.5. The monoisotopic (exact) mass is 304 g/mol. The first-order valence-corrected chi connectivity index (χ1v) is 7.65. The van der Waals surface area contributed by atoms with Crippen LogP contribution in [0.25, 0.3) is 0 Å². The van der Waals surface area contributed by atoms with Crippen molar-refractivity contribution in [1.82, 2.24) is 0 Å². The normalized spacial score (nSPS) is 9.62. The standard InChI is InChI=1S/C12H14Si.2ClH.Ti/c1-13(2,11-7-3-4-8-11)12-9-5-6-10-12;;;/h3-10H,1-2H3;2*1H;/q-2;;;+4/p-2. The van der Waals surface area contributed by atoms with Crippen LogP contribution >= 0.6 is 0 Å². The summed E-state index contributed by atoms with van der Waals surface area (Å²) in [5, 5.41) is 3.05. The second-order valence-corrected chi connectivity index (χ2v) is 8.38. The first-order chi connectivity index (χ1) is 6.21. The third kappa shape index (κ3) is 3.61. The van der Waals surface area contributed by atoms with Crippen molar-refractivity contribution < 1.29 is 46.5 Å². The molecular weight excluding hydrogens is 291 g/mol. The molecule has 0 amide bonds. The fourth-order valence-corrected chi connectivity index (χ4v) is 4.13. The van der Waals surface area contributed by atoms with Gasteiger partial charge >= 0.3 is 21.7 Å². The molecule has 2 rings (SSSR count). The van der Waals surface area contributed by atoms with Crippen LogP contribution < -0.4 is 35.2 Å². The van der Waals surface area contributed by atoms with Gasteiger partial charge in [0, 0.05) is 0 Å². The average Bonchev–Trinajstić information content (AvgIpc) is 2.78. The van der Waals surface area contributed by atoms with Gasteiger partial charge in [0.05, 0.1) is 0 Å². The zero-order valence-electron chi connectivity index (χ0n) is 9.37. The van der Waals surface area contributed by atoms with Crippen molar-refractivity contribution in [3.05, 3.63) is 48.5 Å². The van der Waals surface area contributed by atoms with Crippen LogP contribution in [0.2, 0.25) is 13.1 Å². The molecule has 2 aromatic rings. The van der Waals surface area contributed by atoms with E-state index >= 15 is 0 Å². The van der Waals surface area contributed by atoms with Gasteiger partial charge in [-0.25, -0.2) is 22.5 Å². The molecule has 0 saturated heterocycles. The number of rotatable bonds is 2. The molecule has 0 N–H and O–H groups in total. The van der Waals surface area contributed by atoms with E-state index in [4.69, 9.17) is 0 Å². The molecule has 0 aliphatic carbocycles. The van der Waals surface area contributed by atoms with Crippen LogP contribution in [0.3, 0.4) is 0 Å². The van der Waals surface area contributed by atoms with Crippen LogP contribution in [0.15, 0.2) is 48.5 Å². The van der Waals surface area contributed by atoms with E-state index in [0.717, 1.165) is 0 Å². The van der Waals surface area contributed by atoms with Crippen LogP contribution in [-0.2, 0) is 21.7 Å².